The Morgan fingerprint density at radius 2 is 2.00 bits per heavy atom. The summed E-state index contributed by atoms with van der Waals surface area (Å²) in [6.45, 7) is 0. The lowest BCUT2D eigenvalue weighted by Gasteiger charge is -2.03. The highest BCUT2D eigenvalue weighted by molar-refractivity contribution is 9.10. The van der Waals surface area contributed by atoms with Crippen molar-refractivity contribution >= 4 is 22.1 Å². The number of hydrogen-bond donors (Lipinski definition) is 0. The zero-order chi connectivity index (χ0) is 15.4. The molecule has 0 radical (unpaired) electrons. The van der Waals surface area contributed by atoms with Gasteiger partial charge in [0.25, 0.3) is 0 Å². The predicted octanol–water partition coefficient (Wildman–Crippen LogP) is 3.60. The summed E-state index contributed by atoms with van der Waals surface area (Å²) >= 11 is 3.46. The van der Waals surface area contributed by atoms with Crippen LogP contribution in [0.3, 0.4) is 0 Å². The predicted molar refractivity (Wildman–Crippen MR) is 89.1 cm³/mol. The SMILES string of the molecule is COc1ccc(/C=N\n2cnnc2-c2ccccc2)cc1Br. The molecule has 0 amide bonds. The first-order valence-corrected chi connectivity index (χ1v) is 7.40. The molecule has 22 heavy (non-hydrogen) atoms. The highest BCUT2D eigenvalue weighted by Crippen LogP contribution is 2.25. The molecule has 0 aliphatic rings. The van der Waals surface area contributed by atoms with Gasteiger partial charge in [0.2, 0.25) is 0 Å². The van der Waals surface area contributed by atoms with E-state index < -0.39 is 0 Å². The monoisotopic (exact) mass is 356 g/mol. The van der Waals surface area contributed by atoms with E-state index in [4.69, 9.17) is 4.74 Å². The van der Waals surface area contributed by atoms with E-state index in [1.807, 2.05) is 48.5 Å². The van der Waals surface area contributed by atoms with Gasteiger partial charge >= 0.3 is 0 Å². The molecule has 3 aromatic rings. The Kier molecular flexibility index (Phi) is 4.29. The summed E-state index contributed by atoms with van der Waals surface area (Å²) in [5.41, 5.74) is 1.91. The molecule has 0 saturated heterocycles. The number of benzene rings is 2. The van der Waals surface area contributed by atoms with Crippen molar-refractivity contribution in [1.29, 1.82) is 0 Å². The number of hydrogen-bond acceptors (Lipinski definition) is 4. The van der Waals surface area contributed by atoms with Gasteiger partial charge in [-0.1, -0.05) is 30.3 Å². The average molecular weight is 357 g/mol. The fourth-order valence-electron chi connectivity index (χ4n) is 1.98. The lowest BCUT2D eigenvalue weighted by atomic mass is 10.2. The van der Waals surface area contributed by atoms with Gasteiger partial charge in [-0.25, -0.2) is 0 Å². The highest BCUT2D eigenvalue weighted by atomic mass is 79.9. The Balaban J connectivity index is 1.88. The van der Waals surface area contributed by atoms with Crippen molar-refractivity contribution in [1.82, 2.24) is 14.9 Å². The molecule has 0 fully saturated rings. The first-order valence-electron chi connectivity index (χ1n) is 6.61. The van der Waals surface area contributed by atoms with E-state index in [0.717, 1.165) is 21.3 Å². The van der Waals surface area contributed by atoms with E-state index in [-0.39, 0.29) is 0 Å². The molecule has 0 aliphatic carbocycles. The van der Waals surface area contributed by atoms with Gasteiger partial charge in [0.05, 0.1) is 17.8 Å². The van der Waals surface area contributed by atoms with Crippen molar-refractivity contribution in [3.63, 3.8) is 0 Å². The zero-order valence-corrected chi connectivity index (χ0v) is 13.4. The number of methoxy groups -OCH3 is 1. The number of ether oxygens (including phenoxy) is 1. The minimum atomic E-state index is 0.699. The average Bonchev–Trinajstić information content (AvgIpc) is 3.02. The molecule has 0 N–H and O–H groups in total. The summed E-state index contributed by atoms with van der Waals surface area (Å²) in [7, 11) is 1.64. The second-order valence-corrected chi connectivity index (χ2v) is 5.36. The normalized spacial score (nSPS) is 11.0. The van der Waals surface area contributed by atoms with Crippen LogP contribution >= 0.6 is 15.9 Å². The highest BCUT2D eigenvalue weighted by Gasteiger charge is 2.05. The standard InChI is InChI=1S/C16H13BrN4O/c1-22-15-8-7-12(9-14(15)17)10-19-21-11-18-20-16(21)13-5-3-2-4-6-13/h2-11H,1H3/b19-10-. The number of halogens is 1. The van der Waals surface area contributed by atoms with E-state index in [9.17, 15) is 0 Å². The minimum absolute atomic E-state index is 0.699. The molecule has 110 valence electrons. The molecule has 0 atom stereocenters. The van der Waals surface area contributed by atoms with Crippen LogP contribution in [0.25, 0.3) is 11.4 Å². The molecular formula is C16H13BrN4O. The lowest BCUT2D eigenvalue weighted by molar-refractivity contribution is 0.412. The third kappa shape index (κ3) is 3.07. The van der Waals surface area contributed by atoms with E-state index in [1.165, 1.54) is 0 Å². The fraction of sp³-hybridized carbons (Fsp3) is 0.0625. The Labute approximate surface area is 136 Å². The van der Waals surface area contributed by atoms with Crippen LogP contribution in [0.4, 0.5) is 0 Å². The topological polar surface area (TPSA) is 52.3 Å². The number of nitrogens with zero attached hydrogens (tertiary/aromatic N) is 4. The molecule has 1 aromatic heterocycles. The third-order valence-corrected chi connectivity index (χ3v) is 3.69. The van der Waals surface area contributed by atoms with Crippen LogP contribution in [0, 0.1) is 0 Å². The van der Waals surface area contributed by atoms with Crippen molar-refractivity contribution in [2.24, 2.45) is 5.10 Å². The maximum atomic E-state index is 5.21. The second kappa shape index (κ2) is 6.53. The Morgan fingerprint density at radius 3 is 2.73 bits per heavy atom. The molecular weight excluding hydrogens is 344 g/mol. The fourth-order valence-corrected chi connectivity index (χ4v) is 2.54. The molecule has 0 saturated carbocycles. The van der Waals surface area contributed by atoms with Crippen molar-refractivity contribution in [2.75, 3.05) is 7.11 Å². The van der Waals surface area contributed by atoms with Crippen LogP contribution in [-0.4, -0.2) is 28.2 Å². The summed E-state index contributed by atoms with van der Waals surface area (Å²) in [4.78, 5) is 0. The van der Waals surface area contributed by atoms with Crippen LogP contribution in [0.15, 0.2) is 64.4 Å². The number of aromatic nitrogens is 3. The third-order valence-electron chi connectivity index (χ3n) is 3.07. The van der Waals surface area contributed by atoms with Crippen LogP contribution < -0.4 is 4.74 Å². The van der Waals surface area contributed by atoms with Gasteiger partial charge in [-0.15, -0.1) is 10.2 Å². The number of rotatable bonds is 4. The van der Waals surface area contributed by atoms with Crippen molar-refractivity contribution in [3.8, 4) is 17.1 Å². The molecule has 0 spiro atoms. The van der Waals surface area contributed by atoms with E-state index in [0.29, 0.717) is 5.82 Å². The first-order chi connectivity index (χ1) is 10.8. The first kappa shape index (κ1) is 14.5. The molecule has 3 rings (SSSR count). The lowest BCUT2D eigenvalue weighted by Crippen LogP contribution is -1.94. The minimum Gasteiger partial charge on any atom is -0.496 e. The van der Waals surface area contributed by atoms with Gasteiger partial charge in [-0.2, -0.15) is 9.78 Å². The second-order valence-electron chi connectivity index (χ2n) is 4.50. The van der Waals surface area contributed by atoms with Crippen LogP contribution in [0.5, 0.6) is 5.75 Å². The van der Waals surface area contributed by atoms with Crippen LogP contribution in [0.2, 0.25) is 0 Å². The van der Waals surface area contributed by atoms with E-state index in [1.54, 1.807) is 24.3 Å². The molecule has 5 nitrogen and oxygen atoms in total. The van der Waals surface area contributed by atoms with Gasteiger partial charge in [-0.3, -0.25) is 0 Å². The Bertz CT molecular complexity index is 799. The summed E-state index contributed by atoms with van der Waals surface area (Å²) < 4.78 is 7.74. The summed E-state index contributed by atoms with van der Waals surface area (Å²) in [6, 6.07) is 15.6. The quantitative estimate of drug-likeness (QED) is 0.671. The molecule has 2 aromatic carbocycles. The van der Waals surface area contributed by atoms with Gasteiger partial charge < -0.3 is 4.74 Å². The van der Waals surface area contributed by atoms with Gasteiger partial charge in [0.1, 0.15) is 12.1 Å². The van der Waals surface area contributed by atoms with Crippen molar-refractivity contribution < 1.29 is 4.74 Å². The van der Waals surface area contributed by atoms with Gasteiger partial charge in [0.15, 0.2) is 5.82 Å². The molecule has 0 bridgehead atoms. The van der Waals surface area contributed by atoms with Gasteiger partial charge in [0, 0.05) is 5.56 Å². The van der Waals surface area contributed by atoms with Crippen molar-refractivity contribution in [3.05, 3.63) is 64.9 Å². The summed E-state index contributed by atoms with van der Waals surface area (Å²) in [6.07, 6.45) is 3.33. The maximum Gasteiger partial charge on any atom is 0.184 e. The maximum absolute atomic E-state index is 5.21. The summed E-state index contributed by atoms with van der Waals surface area (Å²) in [5.74, 6) is 1.48. The van der Waals surface area contributed by atoms with Crippen LogP contribution in [-0.2, 0) is 0 Å². The van der Waals surface area contributed by atoms with E-state index >= 15 is 0 Å². The molecule has 0 aliphatic heterocycles. The Morgan fingerprint density at radius 1 is 1.18 bits per heavy atom. The van der Waals surface area contributed by atoms with Gasteiger partial charge in [-0.05, 0) is 39.7 Å². The summed E-state index contributed by atoms with van der Waals surface area (Å²) in [5, 5.41) is 12.5. The van der Waals surface area contributed by atoms with Crippen LogP contribution in [0.1, 0.15) is 5.56 Å². The molecule has 6 heteroatoms. The smallest absolute Gasteiger partial charge is 0.184 e. The zero-order valence-electron chi connectivity index (χ0n) is 11.8. The largest absolute Gasteiger partial charge is 0.496 e. The Hall–Kier alpha value is -2.47. The van der Waals surface area contributed by atoms with Crippen molar-refractivity contribution in [2.45, 2.75) is 0 Å². The van der Waals surface area contributed by atoms with E-state index in [2.05, 4.69) is 31.2 Å². The molecule has 1 heterocycles. The molecule has 0 unspecified atom stereocenters.